The van der Waals surface area contributed by atoms with Gasteiger partial charge in [-0.05, 0) is 41.3 Å². The molecule has 0 unspecified atom stereocenters. The van der Waals surface area contributed by atoms with Crippen LogP contribution in [0.15, 0.2) is 64.4 Å². The van der Waals surface area contributed by atoms with E-state index in [4.69, 9.17) is 10.3 Å². The molecule has 3 aromatic rings. The summed E-state index contributed by atoms with van der Waals surface area (Å²) in [6.07, 6.45) is 0. The van der Waals surface area contributed by atoms with Crippen molar-refractivity contribution in [1.82, 2.24) is 0 Å². The number of hydrogen-bond acceptors (Lipinski definition) is 6. The molecule has 27 heavy (non-hydrogen) atoms. The van der Waals surface area contributed by atoms with Crippen LogP contribution in [0, 0.1) is 0 Å². The number of sulfonamides is 1. The predicted molar refractivity (Wildman–Crippen MR) is 101 cm³/mol. The first kappa shape index (κ1) is 19.1. The third-order valence-corrected chi connectivity index (χ3v) is 6.15. The van der Waals surface area contributed by atoms with Gasteiger partial charge in [-0.15, -0.1) is 0 Å². The molecule has 0 aliphatic carbocycles. The monoisotopic (exact) mass is 408 g/mol. The van der Waals surface area contributed by atoms with Crippen LogP contribution in [0.25, 0.3) is 10.8 Å². The Labute approximate surface area is 156 Å². The van der Waals surface area contributed by atoms with E-state index in [-0.39, 0.29) is 16.0 Å². The van der Waals surface area contributed by atoms with E-state index in [1.54, 1.807) is 12.1 Å². The molecule has 0 saturated carbocycles. The Morgan fingerprint density at radius 3 is 2.15 bits per heavy atom. The zero-order valence-corrected chi connectivity index (χ0v) is 15.5. The minimum atomic E-state index is -4.48. The first-order chi connectivity index (χ1) is 12.6. The molecule has 5 N–H and O–H groups in total. The lowest BCUT2D eigenvalue weighted by molar-refractivity contribution is 0.471. The summed E-state index contributed by atoms with van der Waals surface area (Å²) in [5, 5.41) is 10.6. The maximum atomic E-state index is 12.5. The SMILES string of the molecule is NCc1ccc(S(=O)(=O)Nc2ccc3cc(S(=O)(=O)O)cc(O)c3c2)cc1. The van der Waals surface area contributed by atoms with Gasteiger partial charge in [0, 0.05) is 23.7 Å². The number of aromatic hydroxyl groups is 1. The van der Waals surface area contributed by atoms with Crippen LogP contribution in [-0.4, -0.2) is 26.5 Å². The van der Waals surface area contributed by atoms with Gasteiger partial charge >= 0.3 is 0 Å². The van der Waals surface area contributed by atoms with E-state index in [0.29, 0.717) is 11.9 Å². The molecule has 0 atom stereocenters. The van der Waals surface area contributed by atoms with Crippen molar-refractivity contribution in [2.75, 3.05) is 4.72 Å². The van der Waals surface area contributed by atoms with Crippen LogP contribution in [-0.2, 0) is 26.7 Å². The number of phenolic OH excluding ortho intramolecular Hbond substituents is 1. The number of hydrogen-bond donors (Lipinski definition) is 4. The van der Waals surface area contributed by atoms with Crippen LogP contribution >= 0.6 is 0 Å². The molecule has 3 aromatic carbocycles. The van der Waals surface area contributed by atoms with E-state index in [1.165, 1.54) is 36.4 Å². The molecule has 0 spiro atoms. The molecule has 142 valence electrons. The van der Waals surface area contributed by atoms with Crippen molar-refractivity contribution in [3.05, 3.63) is 60.2 Å². The Morgan fingerprint density at radius 2 is 1.56 bits per heavy atom. The number of phenols is 1. The van der Waals surface area contributed by atoms with Crippen LogP contribution in [0.4, 0.5) is 5.69 Å². The Bertz CT molecular complexity index is 1220. The van der Waals surface area contributed by atoms with Gasteiger partial charge in [0.1, 0.15) is 5.75 Å². The molecule has 0 bridgehead atoms. The third kappa shape index (κ3) is 4.03. The second-order valence-corrected chi connectivity index (χ2v) is 8.91. The minimum Gasteiger partial charge on any atom is -0.507 e. The molecule has 0 aromatic heterocycles. The van der Waals surface area contributed by atoms with Crippen LogP contribution in [0.3, 0.4) is 0 Å². The lowest BCUT2D eigenvalue weighted by Gasteiger charge is -2.11. The number of fused-ring (bicyclic) bond motifs is 1. The molecule has 8 nitrogen and oxygen atoms in total. The second-order valence-electron chi connectivity index (χ2n) is 5.81. The Balaban J connectivity index is 1.98. The lowest BCUT2D eigenvalue weighted by Crippen LogP contribution is -2.13. The van der Waals surface area contributed by atoms with Gasteiger partial charge in [0.2, 0.25) is 0 Å². The maximum Gasteiger partial charge on any atom is 0.294 e. The molecule has 0 radical (unpaired) electrons. The zero-order valence-electron chi connectivity index (χ0n) is 13.8. The lowest BCUT2D eigenvalue weighted by atomic mass is 10.1. The van der Waals surface area contributed by atoms with Gasteiger partial charge in [0.15, 0.2) is 0 Å². The number of nitrogens with one attached hydrogen (secondary N) is 1. The van der Waals surface area contributed by atoms with Gasteiger partial charge in [0.25, 0.3) is 20.1 Å². The molecule has 3 rings (SSSR count). The number of nitrogens with two attached hydrogens (primary N) is 1. The summed E-state index contributed by atoms with van der Waals surface area (Å²) in [5.41, 5.74) is 6.47. The third-order valence-electron chi connectivity index (χ3n) is 3.93. The quantitative estimate of drug-likeness (QED) is 0.472. The Hall–Kier alpha value is -2.66. The average Bonchev–Trinajstić information content (AvgIpc) is 2.61. The summed E-state index contributed by atoms with van der Waals surface area (Å²) in [7, 11) is -8.34. The van der Waals surface area contributed by atoms with Gasteiger partial charge in [-0.1, -0.05) is 18.2 Å². The van der Waals surface area contributed by atoms with Crippen LogP contribution in [0.2, 0.25) is 0 Å². The standard InChI is InChI=1S/C17H16N2O6S2/c18-10-11-1-5-14(6-2-11)26(21,22)19-13-4-3-12-7-15(27(23,24)25)9-17(20)16(12)8-13/h1-9,19-20H,10,18H2,(H,23,24,25). The topological polar surface area (TPSA) is 147 Å². The van der Waals surface area contributed by atoms with E-state index >= 15 is 0 Å². The van der Waals surface area contributed by atoms with E-state index in [0.717, 1.165) is 11.6 Å². The summed E-state index contributed by atoms with van der Waals surface area (Å²) in [6, 6.07) is 12.4. The summed E-state index contributed by atoms with van der Waals surface area (Å²) in [5.74, 6) is -0.409. The smallest absolute Gasteiger partial charge is 0.294 e. The van der Waals surface area contributed by atoms with Crippen LogP contribution < -0.4 is 10.5 Å². The van der Waals surface area contributed by atoms with Gasteiger partial charge in [-0.3, -0.25) is 9.27 Å². The average molecular weight is 408 g/mol. The van der Waals surface area contributed by atoms with E-state index in [1.807, 2.05) is 0 Å². The van der Waals surface area contributed by atoms with E-state index < -0.39 is 30.8 Å². The van der Waals surface area contributed by atoms with Crippen molar-refractivity contribution in [2.45, 2.75) is 16.3 Å². The number of benzene rings is 3. The summed E-state index contributed by atoms with van der Waals surface area (Å²) >= 11 is 0. The number of anilines is 1. The summed E-state index contributed by atoms with van der Waals surface area (Å²) in [4.78, 5) is -0.411. The molecule has 0 fully saturated rings. The minimum absolute atomic E-state index is 0.0470. The normalized spacial score (nSPS) is 12.2. The highest BCUT2D eigenvalue weighted by Gasteiger charge is 2.16. The van der Waals surface area contributed by atoms with Gasteiger partial charge < -0.3 is 10.8 Å². The molecule has 0 aliphatic heterocycles. The molecular weight excluding hydrogens is 392 g/mol. The predicted octanol–water partition coefficient (Wildman–Crippen LogP) is 2.05. The summed E-state index contributed by atoms with van der Waals surface area (Å²) in [6.45, 7) is 0.295. The molecular formula is C17H16N2O6S2. The van der Waals surface area contributed by atoms with Crippen molar-refractivity contribution in [2.24, 2.45) is 5.73 Å². The maximum absolute atomic E-state index is 12.5. The Morgan fingerprint density at radius 1 is 0.889 bits per heavy atom. The van der Waals surface area contributed by atoms with E-state index in [9.17, 15) is 21.9 Å². The largest absolute Gasteiger partial charge is 0.507 e. The number of rotatable bonds is 5. The van der Waals surface area contributed by atoms with Crippen molar-refractivity contribution in [3.8, 4) is 5.75 Å². The van der Waals surface area contributed by atoms with Crippen LogP contribution in [0.5, 0.6) is 5.75 Å². The molecule has 10 heteroatoms. The van der Waals surface area contributed by atoms with Crippen molar-refractivity contribution in [1.29, 1.82) is 0 Å². The fourth-order valence-electron chi connectivity index (χ4n) is 2.54. The van der Waals surface area contributed by atoms with Crippen molar-refractivity contribution >= 4 is 36.6 Å². The molecule has 0 aliphatic rings. The summed E-state index contributed by atoms with van der Waals surface area (Å²) < 4.78 is 58.9. The van der Waals surface area contributed by atoms with Gasteiger partial charge in [0.05, 0.1) is 9.79 Å². The van der Waals surface area contributed by atoms with Gasteiger partial charge in [-0.2, -0.15) is 8.42 Å². The van der Waals surface area contributed by atoms with Crippen LogP contribution in [0.1, 0.15) is 5.56 Å². The first-order valence-corrected chi connectivity index (χ1v) is 10.6. The van der Waals surface area contributed by atoms with Crippen molar-refractivity contribution < 1.29 is 26.5 Å². The fourth-order valence-corrected chi connectivity index (χ4v) is 4.13. The molecule has 0 saturated heterocycles. The fraction of sp³-hybridized carbons (Fsp3) is 0.0588. The van der Waals surface area contributed by atoms with E-state index in [2.05, 4.69) is 4.72 Å². The second kappa shape index (κ2) is 6.82. The Kier molecular flexibility index (Phi) is 4.82. The first-order valence-electron chi connectivity index (χ1n) is 7.66. The van der Waals surface area contributed by atoms with Gasteiger partial charge in [-0.25, -0.2) is 8.42 Å². The highest BCUT2D eigenvalue weighted by atomic mass is 32.2. The highest BCUT2D eigenvalue weighted by Crippen LogP contribution is 2.31. The van der Waals surface area contributed by atoms with Crippen molar-refractivity contribution in [3.63, 3.8) is 0 Å². The highest BCUT2D eigenvalue weighted by molar-refractivity contribution is 7.92. The zero-order chi connectivity index (χ0) is 19.8. The molecule has 0 amide bonds. The molecule has 0 heterocycles.